The first-order valence-electron chi connectivity index (χ1n) is 7.57. The number of hydrazine groups is 1. The number of likely N-dealkylation sites (N-methyl/N-ethyl adjacent to an activating group) is 1. The number of furan rings is 1. The highest BCUT2D eigenvalue weighted by Crippen LogP contribution is 2.16. The normalized spacial score (nSPS) is 17.2. The highest BCUT2D eigenvalue weighted by atomic mass is 16.3. The molecule has 1 unspecified atom stereocenters. The molecule has 1 aliphatic heterocycles. The molecule has 0 spiro atoms. The van der Waals surface area contributed by atoms with Crippen molar-refractivity contribution in [3.8, 4) is 0 Å². The lowest BCUT2D eigenvalue weighted by Crippen LogP contribution is -2.58. The number of nitrogens with zero attached hydrogens (tertiary/aromatic N) is 3. The molecule has 24 heavy (non-hydrogen) atoms. The molecule has 0 aliphatic carbocycles. The molecule has 3 rings (SSSR count). The summed E-state index contributed by atoms with van der Waals surface area (Å²) in [4.78, 5) is 30.6. The van der Waals surface area contributed by atoms with Crippen LogP contribution in [0, 0.1) is 0 Å². The zero-order valence-corrected chi connectivity index (χ0v) is 13.5. The van der Waals surface area contributed by atoms with E-state index < -0.39 is 6.04 Å². The molecule has 0 radical (unpaired) electrons. The number of para-hydroxylation sites is 1. The molecule has 7 nitrogen and oxygen atoms in total. The molecule has 2 heterocycles. The van der Waals surface area contributed by atoms with E-state index in [1.54, 1.807) is 44.5 Å². The number of rotatable bonds is 4. The quantitative estimate of drug-likeness (QED) is 0.925. The minimum atomic E-state index is -0.637. The minimum absolute atomic E-state index is 0.125. The molecule has 0 saturated carbocycles. The van der Waals surface area contributed by atoms with Crippen molar-refractivity contribution in [1.82, 2.24) is 10.3 Å². The topological polar surface area (TPSA) is 78.2 Å². The Morgan fingerprint density at radius 2 is 2.04 bits per heavy atom. The summed E-state index contributed by atoms with van der Waals surface area (Å²) in [6.07, 6.45) is 1.56. The Morgan fingerprint density at radius 1 is 1.29 bits per heavy atom. The summed E-state index contributed by atoms with van der Waals surface area (Å²) >= 11 is 0. The second-order valence-electron chi connectivity index (χ2n) is 5.52. The van der Waals surface area contributed by atoms with Crippen LogP contribution in [0.4, 0.5) is 5.69 Å². The molecule has 1 aromatic heterocycles. The summed E-state index contributed by atoms with van der Waals surface area (Å²) in [7, 11) is 1.66. The molecule has 2 amide bonds. The molecule has 7 heteroatoms. The summed E-state index contributed by atoms with van der Waals surface area (Å²) in [5, 5.41) is 1.35. The fraction of sp³-hybridized carbons (Fsp3) is 0.235. The van der Waals surface area contributed by atoms with Gasteiger partial charge < -0.3 is 9.32 Å². The van der Waals surface area contributed by atoms with Crippen molar-refractivity contribution in [1.29, 1.82) is 0 Å². The zero-order chi connectivity index (χ0) is 17.1. The molecule has 1 atom stereocenters. The molecule has 0 fully saturated rings. The van der Waals surface area contributed by atoms with Crippen LogP contribution in [-0.2, 0) is 16.1 Å². The van der Waals surface area contributed by atoms with Gasteiger partial charge in [-0.3, -0.25) is 15.0 Å². The molecule has 1 aliphatic rings. The molecule has 2 aromatic rings. The SMILES string of the molecule is CC1N=C(C(=O)N(C)Cc2ccco2)NN(c2ccccc2)C1=O. The third-order valence-corrected chi connectivity index (χ3v) is 3.66. The number of hydrogen-bond acceptors (Lipinski definition) is 5. The minimum Gasteiger partial charge on any atom is -0.467 e. The van der Waals surface area contributed by atoms with Crippen molar-refractivity contribution in [2.45, 2.75) is 19.5 Å². The van der Waals surface area contributed by atoms with Crippen LogP contribution in [0.3, 0.4) is 0 Å². The predicted octanol–water partition coefficient (Wildman–Crippen LogP) is 1.58. The van der Waals surface area contributed by atoms with Crippen molar-refractivity contribution >= 4 is 23.3 Å². The average molecular weight is 326 g/mol. The number of hydrogen-bond donors (Lipinski definition) is 1. The third kappa shape index (κ3) is 3.15. The largest absolute Gasteiger partial charge is 0.467 e. The van der Waals surface area contributed by atoms with E-state index in [0.717, 1.165) is 0 Å². The highest BCUT2D eigenvalue weighted by molar-refractivity contribution is 6.39. The first kappa shape index (κ1) is 15.8. The molecule has 1 N–H and O–H groups in total. The summed E-state index contributed by atoms with van der Waals surface area (Å²) in [5.41, 5.74) is 3.48. The highest BCUT2D eigenvalue weighted by Gasteiger charge is 2.31. The number of nitrogens with one attached hydrogen (secondary N) is 1. The number of carbonyl (C=O) groups is 2. The zero-order valence-electron chi connectivity index (χ0n) is 13.5. The Morgan fingerprint density at radius 3 is 2.71 bits per heavy atom. The molecule has 0 saturated heterocycles. The van der Waals surface area contributed by atoms with Crippen LogP contribution in [0.15, 0.2) is 58.1 Å². The van der Waals surface area contributed by atoms with E-state index in [1.165, 1.54) is 9.91 Å². The molecular weight excluding hydrogens is 308 g/mol. The van der Waals surface area contributed by atoms with Gasteiger partial charge in [-0.1, -0.05) is 18.2 Å². The fourth-order valence-electron chi connectivity index (χ4n) is 2.39. The maximum absolute atomic E-state index is 12.6. The van der Waals surface area contributed by atoms with Gasteiger partial charge in [0.05, 0.1) is 18.5 Å². The van der Waals surface area contributed by atoms with Gasteiger partial charge in [-0.05, 0) is 31.2 Å². The summed E-state index contributed by atoms with van der Waals surface area (Å²) in [5.74, 6) is 0.268. The van der Waals surface area contributed by atoms with Gasteiger partial charge in [-0.25, -0.2) is 10.0 Å². The monoisotopic (exact) mass is 326 g/mol. The van der Waals surface area contributed by atoms with Crippen LogP contribution in [0.25, 0.3) is 0 Å². The summed E-state index contributed by atoms with van der Waals surface area (Å²) < 4.78 is 5.25. The van der Waals surface area contributed by atoms with Gasteiger partial charge in [-0.2, -0.15) is 0 Å². The van der Waals surface area contributed by atoms with Crippen LogP contribution in [0.1, 0.15) is 12.7 Å². The maximum atomic E-state index is 12.6. The van der Waals surface area contributed by atoms with E-state index in [4.69, 9.17) is 4.42 Å². The number of amidine groups is 1. The van der Waals surface area contributed by atoms with Gasteiger partial charge in [-0.15, -0.1) is 0 Å². The Kier molecular flexibility index (Phi) is 4.33. The van der Waals surface area contributed by atoms with Crippen LogP contribution >= 0.6 is 0 Å². The van der Waals surface area contributed by atoms with E-state index in [0.29, 0.717) is 18.0 Å². The lowest BCUT2D eigenvalue weighted by Gasteiger charge is -2.31. The number of benzene rings is 1. The standard InChI is InChI=1S/C17H18N4O3/c1-12-16(22)21(13-7-4-3-5-8-13)19-15(18-12)17(23)20(2)11-14-9-6-10-24-14/h3-10,12H,11H2,1-2H3,(H,18,19). The van der Waals surface area contributed by atoms with Crippen molar-refractivity contribution < 1.29 is 14.0 Å². The first-order chi connectivity index (χ1) is 11.6. The smallest absolute Gasteiger partial charge is 0.290 e. The number of anilines is 1. The van der Waals surface area contributed by atoms with Gasteiger partial charge >= 0.3 is 0 Å². The third-order valence-electron chi connectivity index (χ3n) is 3.66. The average Bonchev–Trinajstić information content (AvgIpc) is 3.10. The number of amides is 2. The maximum Gasteiger partial charge on any atom is 0.290 e. The lowest BCUT2D eigenvalue weighted by atomic mass is 10.2. The number of carbonyl (C=O) groups excluding carboxylic acids is 2. The van der Waals surface area contributed by atoms with Crippen LogP contribution in [0.2, 0.25) is 0 Å². The van der Waals surface area contributed by atoms with Gasteiger partial charge in [0.15, 0.2) is 0 Å². The van der Waals surface area contributed by atoms with Gasteiger partial charge in [0.1, 0.15) is 11.8 Å². The molecular formula is C17H18N4O3. The Hall–Kier alpha value is -3.09. The van der Waals surface area contributed by atoms with Crippen LogP contribution < -0.4 is 10.4 Å². The van der Waals surface area contributed by atoms with Gasteiger partial charge in [0.25, 0.3) is 11.8 Å². The predicted molar refractivity (Wildman–Crippen MR) is 89.1 cm³/mol. The second-order valence-corrected chi connectivity index (χ2v) is 5.52. The van der Waals surface area contributed by atoms with Crippen molar-refractivity contribution in [2.24, 2.45) is 4.99 Å². The molecule has 1 aromatic carbocycles. The van der Waals surface area contributed by atoms with Gasteiger partial charge in [0.2, 0.25) is 5.84 Å². The van der Waals surface area contributed by atoms with E-state index >= 15 is 0 Å². The Labute approximate surface area is 139 Å². The molecule has 0 bridgehead atoms. The van der Waals surface area contributed by atoms with Crippen LogP contribution in [-0.4, -0.2) is 35.6 Å². The first-order valence-corrected chi connectivity index (χ1v) is 7.57. The fourth-order valence-corrected chi connectivity index (χ4v) is 2.39. The van der Waals surface area contributed by atoms with Crippen molar-refractivity contribution in [3.63, 3.8) is 0 Å². The lowest BCUT2D eigenvalue weighted by molar-refractivity contribution is -0.124. The Bertz CT molecular complexity index is 755. The van der Waals surface area contributed by atoms with Crippen molar-refractivity contribution in [3.05, 3.63) is 54.5 Å². The van der Waals surface area contributed by atoms with Crippen LogP contribution in [0.5, 0.6) is 0 Å². The van der Waals surface area contributed by atoms with Gasteiger partial charge in [0, 0.05) is 7.05 Å². The molecule has 124 valence electrons. The van der Waals surface area contributed by atoms with E-state index in [1.807, 2.05) is 18.2 Å². The van der Waals surface area contributed by atoms with Crippen molar-refractivity contribution in [2.75, 3.05) is 12.1 Å². The number of aliphatic imine (C=N–C) groups is 1. The summed E-state index contributed by atoms with van der Waals surface area (Å²) in [6.45, 7) is 1.99. The second kappa shape index (κ2) is 6.57. The van der Waals surface area contributed by atoms with E-state index in [9.17, 15) is 9.59 Å². The Balaban J connectivity index is 1.78. The van der Waals surface area contributed by atoms with E-state index in [2.05, 4.69) is 10.4 Å². The summed E-state index contributed by atoms with van der Waals surface area (Å²) in [6, 6.07) is 12.0. The van der Waals surface area contributed by atoms with E-state index in [-0.39, 0.29) is 17.6 Å².